The first-order valence-corrected chi connectivity index (χ1v) is 17.9. The zero-order valence-electron chi connectivity index (χ0n) is 29.5. The van der Waals surface area contributed by atoms with E-state index in [0.717, 1.165) is 11.5 Å². The molecule has 6 aromatic rings. The van der Waals surface area contributed by atoms with Crippen LogP contribution in [-0.2, 0) is 16.2 Å². The SMILES string of the molecule is CC1(C)CCC(C)(C)c2cc3c(cc21)B1c2cc(-c4ccccc4)ccc2N(c2ccc(-c4ccccc4)cc2)c2nccc(c21)C3(C)C. The smallest absolute Gasteiger partial charge is 0.249 e. The molecule has 0 saturated carbocycles. The minimum absolute atomic E-state index is 0.0892. The Morgan fingerprint density at radius 2 is 1.10 bits per heavy atom. The van der Waals surface area contributed by atoms with E-state index in [2.05, 4.69) is 168 Å². The maximum absolute atomic E-state index is 5.23. The predicted octanol–water partition coefficient (Wildman–Crippen LogP) is 9.70. The maximum atomic E-state index is 5.23. The van der Waals surface area contributed by atoms with E-state index >= 15 is 0 Å². The molecule has 0 fully saturated rings. The Bertz CT molecular complexity index is 2250. The lowest BCUT2D eigenvalue weighted by atomic mass is 9.30. The first-order chi connectivity index (χ1) is 23.5. The molecule has 240 valence electrons. The van der Waals surface area contributed by atoms with E-state index in [1.165, 1.54) is 79.4 Å². The molecule has 0 amide bonds. The van der Waals surface area contributed by atoms with Gasteiger partial charge in [0.15, 0.2) is 0 Å². The second kappa shape index (κ2) is 10.6. The van der Waals surface area contributed by atoms with Crippen molar-refractivity contribution in [1.29, 1.82) is 0 Å². The summed E-state index contributed by atoms with van der Waals surface area (Å²) >= 11 is 0. The fourth-order valence-electron chi connectivity index (χ4n) is 9.11. The molecule has 0 spiro atoms. The Labute approximate surface area is 292 Å². The monoisotopic (exact) mass is 634 g/mol. The third-order valence-corrected chi connectivity index (χ3v) is 12.1. The number of anilines is 3. The van der Waals surface area contributed by atoms with Crippen molar-refractivity contribution >= 4 is 40.3 Å². The summed E-state index contributed by atoms with van der Waals surface area (Å²) in [5.74, 6) is 1.05. The van der Waals surface area contributed by atoms with Gasteiger partial charge in [-0.1, -0.05) is 144 Å². The van der Waals surface area contributed by atoms with Crippen molar-refractivity contribution in [3.63, 3.8) is 0 Å². The predicted molar refractivity (Wildman–Crippen MR) is 208 cm³/mol. The fraction of sp³-hybridized carbons (Fsp3) is 0.239. The molecule has 1 aromatic heterocycles. The highest BCUT2D eigenvalue weighted by Gasteiger charge is 2.49. The summed E-state index contributed by atoms with van der Waals surface area (Å²) in [6.07, 6.45) is 4.45. The highest BCUT2D eigenvalue weighted by atomic mass is 15.2. The van der Waals surface area contributed by atoms with E-state index in [1.807, 2.05) is 6.20 Å². The van der Waals surface area contributed by atoms with Crippen molar-refractivity contribution in [3.8, 4) is 22.3 Å². The molecule has 2 aliphatic heterocycles. The summed E-state index contributed by atoms with van der Waals surface area (Å²) < 4.78 is 0. The topological polar surface area (TPSA) is 16.1 Å². The number of pyridine rings is 1. The van der Waals surface area contributed by atoms with E-state index in [9.17, 15) is 0 Å². The molecule has 3 heterocycles. The van der Waals surface area contributed by atoms with Gasteiger partial charge in [-0.25, -0.2) is 4.98 Å². The third-order valence-electron chi connectivity index (χ3n) is 12.1. The van der Waals surface area contributed by atoms with Crippen LogP contribution in [0.1, 0.15) is 76.6 Å². The minimum Gasteiger partial charge on any atom is -0.296 e. The summed E-state index contributed by atoms with van der Waals surface area (Å²) in [7, 11) is 0. The third kappa shape index (κ3) is 4.51. The van der Waals surface area contributed by atoms with Gasteiger partial charge in [-0.15, -0.1) is 0 Å². The Balaban J connectivity index is 1.32. The average Bonchev–Trinajstić information content (AvgIpc) is 3.12. The molecule has 3 heteroatoms. The summed E-state index contributed by atoms with van der Waals surface area (Å²) in [5.41, 5.74) is 17.4. The quantitative estimate of drug-likeness (QED) is 0.180. The first kappa shape index (κ1) is 30.2. The molecule has 9 rings (SSSR count). The molecule has 0 unspecified atom stereocenters. The lowest BCUT2D eigenvalue weighted by molar-refractivity contribution is 0.331. The highest BCUT2D eigenvalue weighted by molar-refractivity contribution is 6.99. The van der Waals surface area contributed by atoms with Gasteiger partial charge in [0, 0.05) is 23.0 Å². The molecule has 2 nitrogen and oxygen atoms in total. The van der Waals surface area contributed by atoms with Crippen LogP contribution in [0.4, 0.5) is 17.2 Å². The van der Waals surface area contributed by atoms with Crippen LogP contribution in [0, 0.1) is 0 Å². The number of fused-ring (bicyclic) bond motifs is 5. The molecule has 0 N–H and O–H groups in total. The van der Waals surface area contributed by atoms with Crippen molar-refractivity contribution in [2.75, 3.05) is 4.90 Å². The first-order valence-electron chi connectivity index (χ1n) is 17.9. The van der Waals surface area contributed by atoms with Crippen LogP contribution in [0.2, 0.25) is 0 Å². The molecule has 0 radical (unpaired) electrons. The Kier molecular flexibility index (Phi) is 6.50. The van der Waals surface area contributed by atoms with Crippen molar-refractivity contribution in [1.82, 2.24) is 4.98 Å². The molecule has 0 bridgehead atoms. The van der Waals surface area contributed by atoms with Crippen molar-refractivity contribution in [3.05, 3.63) is 150 Å². The lowest BCUT2D eigenvalue weighted by Crippen LogP contribution is -2.64. The minimum atomic E-state index is -0.178. The van der Waals surface area contributed by atoms with Gasteiger partial charge in [0.2, 0.25) is 6.71 Å². The van der Waals surface area contributed by atoms with E-state index in [4.69, 9.17) is 4.98 Å². The molecular weight excluding hydrogens is 591 g/mol. The molecule has 5 aromatic carbocycles. The van der Waals surface area contributed by atoms with E-state index in [0.29, 0.717) is 0 Å². The van der Waals surface area contributed by atoms with Crippen molar-refractivity contribution < 1.29 is 0 Å². The van der Waals surface area contributed by atoms with Crippen LogP contribution < -0.4 is 21.3 Å². The summed E-state index contributed by atoms with van der Waals surface area (Å²) in [6.45, 7) is 14.7. The molecule has 1 aliphatic carbocycles. The van der Waals surface area contributed by atoms with Gasteiger partial charge in [0.25, 0.3) is 0 Å². The Morgan fingerprint density at radius 3 is 1.76 bits per heavy atom. The lowest BCUT2D eigenvalue weighted by Gasteiger charge is -2.48. The number of nitrogens with zero attached hydrogens (tertiary/aromatic N) is 2. The molecule has 0 saturated heterocycles. The average molecular weight is 635 g/mol. The number of rotatable bonds is 3. The van der Waals surface area contributed by atoms with Crippen LogP contribution >= 0.6 is 0 Å². The molecular formula is C46H43BN2. The van der Waals surface area contributed by atoms with E-state index in [1.54, 1.807) is 0 Å². The number of aromatic nitrogens is 1. The second-order valence-corrected chi connectivity index (χ2v) is 16.3. The van der Waals surface area contributed by atoms with Crippen LogP contribution in [-0.4, -0.2) is 11.7 Å². The summed E-state index contributed by atoms with van der Waals surface area (Å²) in [4.78, 5) is 7.65. The number of benzene rings is 5. The maximum Gasteiger partial charge on any atom is 0.249 e. The van der Waals surface area contributed by atoms with Gasteiger partial charge >= 0.3 is 0 Å². The van der Waals surface area contributed by atoms with Crippen molar-refractivity contribution in [2.45, 2.75) is 70.6 Å². The van der Waals surface area contributed by atoms with E-state index in [-0.39, 0.29) is 23.0 Å². The fourth-order valence-corrected chi connectivity index (χ4v) is 9.11. The number of hydrogen-bond donors (Lipinski definition) is 0. The Morgan fingerprint density at radius 1 is 0.531 bits per heavy atom. The standard InChI is InChI=1S/C46H43BN2/c1-44(2)24-25-45(3,4)37-29-39-38(28-36(37)44)46(5,6)35-23-26-48-43-42(35)47(39)40-27-33(31-15-11-8-12-16-31)19-22-41(40)49(43)34-20-17-32(18-21-34)30-13-9-7-10-14-30/h7-23,26-29H,24-25H2,1-6H3. The van der Waals surface area contributed by atoms with Gasteiger partial charge in [-0.3, -0.25) is 4.90 Å². The van der Waals surface area contributed by atoms with Gasteiger partial charge in [0.1, 0.15) is 5.82 Å². The van der Waals surface area contributed by atoms with Crippen LogP contribution in [0.25, 0.3) is 22.3 Å². The summed E-state index contributed by atoms with van der Waals surface area (Å²) in [5, 5.41) is 0. The zero-order valence-corrected chi connectivity index (χ0v) is 29.5. The summed E-state index contributed by atoms with van der Waals surface area (Å²) in [6, 6.07) is 45.1. The number of hydrogen-bond acceptors (Lipinski definition) is 2. The van der Waals surface area contributed by atoms with Gasteiger partial charge in [0.05, 0.1) is 0 Å². The van der Waals surface area contributed by atoms with Crippen LogP contribution in [0.3, 0.4) is 0 Å². The Hall–Kier alpha value is -4.89. The molecule has 49 heavy (non-hydrogen) atoms. The molecule has 0 atom stereocenters. The van der Waals surface area contributed by atoms with Crippen LogP contribution in [0.15, 0.2) is 128 Å². The second-order valence-electron chi connectivity index (χ2n) is 16.3. The largest absolute Gasteiger partial charge is 0.296 e. The normalized spacial score (nSPS) is 17.4. The van der Waals surface area contributed by atoms with Gasteiger partial charge < -0.3 is 0 Å². The van der Waals surface area contributed by atoms with E-state index < -0.39 is 0 Å². The van der Waals surface area contributed by atoms with Crippen LogP contribution in [0.5, 0.6) is 0 Å². The highest BCUT2D eigenvalue weighted by Crippen LogP contribution is 2.49. The zero-order chi connectivity index (χ0) is 33.7. The molecule has 3 aliphatic rings. The van der Waals surface area contributed by atoms with Gasteiger partial charge in [-0.05, 0) is 103 Å². The van der Waals surface area contributed by atoms with Gasteiger partial charge in [-0.2, -0.15) is 0 Å². The van der Waals surface area contributed by atoms with Crippen molar-refractivity contribution in [2.24, 2.45) is 0 Å².